The zero-order valence-electron chi connectivity index (χ0n) is 15.8. The molecule has 0 heterocycles. The van der Waals surface area contributed by atoms with Crippen LogP contribution in [-0.4, -0.2) is 34.9 Å². The van der Waals surface area contributed by atoms with E-state index in [-0.39, 0.29) is 34.6 Å². The molecule has 4 rings (SSSR count). The molecule has 0 bridgehead atoms. The molecule has 3 aromatic carbocycles. The maximum atomic E-state index is 12.8. The third-order valence-electron chi connectivity index (χ3n) is 4.86. The first-order valence-corrected chi connectivity index (χ1v) is 8.99. The van der Waals surface area contributed by atoms with Crippen molar-refractivity contribution in [3.63, 3.8) is 0 Å². The van der Waals surface area contributed by atoms with Crippen molar-refractivity contribution in [3.05, 3.63) is 88.0 Å². The van der Waals surface area contributed by atoms with Crippen LogP contribution in [0.25, 0.3) is 0 Å². The SMILES string of the molecule is COc1ccc(C(=O)OCc2cc(O)c3c(c2)C(=O)c2cccc(O)c2C3=O)cc1. The van der Waals surface area contributed by atoms with Crippen LogP contribution in [0.3, 0.4) is 0 Å². The van der Waals surface area contributed by atoms with E-state index in [4.69, 9.17) is 9.47 Å². The number of esters is 1. The van der Waals surface area contributed by atoms with Crippen molar-refractivity contribution in [3.8, 4) is 17.2 Å². The minimum Gasteiger partial charge on any atom is -0.507 e. The Morgan fingerprint density at radius 2 is 1.57 bits per heavy atom. The third-order valence-corrected chi connectivity index (χ3v) is 4.86. The molecule has 0 aromatic heterocycles. The maximum Gasteiger partial charge on any atom is 0.338 e. The lowest BCUT2D eigenvalue weighted by molar-refractivity contribution is 0.0472. The second-order valence-electron chi connectivity index (χ2n) is 6.70. The fraction of sp³-hybridized carbons (Fsp3) is 0.0870. The highest BCUT2D eigenvalue weighted by atomic mass is 16.5. The van der Waals surface area contributed by atoms with Gasteiger partial charge in [0.2, 0.25) is 5.78 Å². The summed E-state index contributed by atoms with van der Waals surface area (Å²) < 4.78 is 10.3. The van der Waals surface area contributed by atoms with Gasteiger partial charge in [0.15, 0.2) is 5.78 Å². The molecular weight excluding hydrogens is 388 g/mol. The second kappa shape index (κ2) is 7.36. The summed E-state index contributed by atoms with van der Waals surface area (Å²) in [5.41, 5.74) is 0.391. The van der Waals surface area contributed by atoms with Crippen molar-refractivity contribution in [1.29, 1.82) is 0 Å². The Kier molecular flexibility index (Phi) is 4.71. The van der Waals surface area contributed by atoms with Gasteiger partial charge < -0.3 is 19.7 Å². The van der Waals surface area contributed by atoms with Gasteiger partial charge in [-0.1, -0.05) is 12.1 Å². The van der Waals surface area contributed by atoms with E-state index in [1.807, 2.05) is 0 Å². The average Bonchev–Trinajstić information content (AvgIpc) is 2.75. The van der Waals surface area contributed by atoms with Crippen LogP contribution in [0.4, 0.5) is 0 Å². The number of carbonyl (C=O) groups excluding carboxylic acids is 3. The lowest BCUT2D eigenvalue weighted by atomic mass is 9.82. The molecule has 1 aliphatic carbocycles. The zero-order chi connectivity index (χ0) is 21.4. The van der Waals surface area contributed by atoms with E-state index in [1.54, 1.807) is 24.3 Å². The summed E-state index contributed by atoms with van der Waals surface area (Å²) >= 11 is 0. The number of methoxy groups -OCH3 is 1. The van der Waals surface area contributed by atoms with Gasteiger partial charge in [-0.15, -0.1) is 0 Å². The van der Waals surface area contributed by atoms with Gasteiger partial charge in [-0.2, -0.15) is 0 Å². The Balaban J connectivity index is 1.61. The molecule has 3 aromatic rings. The highest BCUT2D eigenvalue weighted by Crippen LogP contribution is 2.37. The van der Waals surface area contributed by atoms with E-state index in [2.05, 4.69) is 0 Å². The van der Waals surface area contributed by atoms with Gasteiger partial charge in [0, 0.05) is 11.1 Å². The first-order chi connectivity index (χ1) is 14.4. The minimum absolute atomic E-state index is 0.00593. The average molecular weight is 404 g/mol. The standard InChI is InChI=1S/C23H16O7/c1-29-14-7-5-13(6-8-14)23(28)30-11-12-9-16-20(18(25)10-12)22(27)19-15(21(16)26)3-2-4-17(19)24/h2-10,24-25H,11H2,1H3. The van der Waals surface area contributed by atoms with Gasteiger partial charge in [-0.25, -0.2) is 4.79 Å². The van der Waals surface area contributed by atoms with Gasteiger partial charge in [0.05, 0.1) is 23.8 Å². The summed E-state index contributed by atoms with van der Waals surface area (Å²) in [5.74, 6) is -1.89. The predicted octanol–water partition coefficient (Wildman–Crippen LogP) is 3.24. The fourth-order valence-corrected chi connectivity index (χ4v) is 3.38. The molecule has 0 saturated heterocycles. The van der Waals surface area contributed by atoms with Crippen LogP contribution in [-0.2, 0) is 11.3 Å². The van der Waals surface area contributed by atoms with Crippen molar-refractivity contribution in [2.24, 2.45) is 0 Å². The Morgan fingerprint density at radius 1 is 0.867 bits per heavy atom. The third kappa shape index (κ3) is 3.16. The number of aromatic hydroxyl groups is 2. The Morgan fingerprint density at radius 3 is 2.27 bits per heavy atom. The quantitative estimate of drug-likeness (QED) is 0.503. The summed E-state index contributed by atoms with van der Waals surface area (Å²) in [7, 11) is 1.52. The molecule has 0 radical (unpaired) electrons. The number of fused-ring (bicyclic) bond motifs is 2. The molecule has 0 aliphatic heterocycles. The topological polar surface area (TPSA) is 110 Å². The van der Waals surface area contributed by atoms with Crippen LogP contribution in [0.1, 0.15) is 47.8 Å². The number of hydrogen-bond acceptors (Lipinski definition) is 7. The number of ketones is 2. The molecule has 0 fully saturated rings. The lowest BCUT2D eigenvalue weighted by Gasteiger charge is -2.20. The number of rotatable bonds is 4. The van der Waals surface area contributed by atoms with Gasteiger partial charge in [-0.3, -0.25) is 9.59 Å². The van der Waals surface area contributed by atoms with E-state index in [1.165, 1.54) is 37.4 Å². The van der Waals surface area contributed by atoms with E-state index in [9.17, 15) is 24.6 Å². The van der Waals surface area contributed by atoms with Crippen LogP contribution in [0, 0.1) is 0 Å². The smallest absolute Gasteiger partial charge is 0.338 e. The summed E-state index contributed by atoms with van der Waals surface area (Å²) in [6.07, 6.45) is 0. The molecule has 0 saturated carbocycles. The summed E-state index contributed by atoms with van der Waals surface area (Å²) in [5, 5.41) is 20.4. The predicted molar refractivity (Wildman–Crippen MR) is 105 cm³/mol. The van der Waals surface area contributed by atoms with E-state index < -0.39 is 23.3 Å². The molecule has 0 spiro atoms. The zero-order valence-corrected chi connectivity index (χ0v) is 15.8. The highest BCUT2D eigenvalue weighted by Gasteiger charge is 2.34. The number of benzene rings is 3. The van der Waals surface area contributed by atoms with E-state index >= 15 is 0 Å². The molecule has 2 N–H and O–H groups in total. The number of ether oxygens (including phenoxy) is 2. The molecule has 1 aliphatic rings. The molecular formula is C23H16O7. The monoisotopic (exact) mass is 404 g/mol. The van der Waals surface area contributed by atoms with Gasteiger partial charge >= 0.3 is 5.97 Å². The molecule has 0 atom stereocenters. The van der Waals surface area contributed by atoms with Crippen LogP contribution < -0.4 is 4.74 Å². The number of hydrogen-bond donors (Lipinski definition) is 2. The van der Waals surface area contributed by atoms with Gasteiger partial charge in [0.25, 0.3) is 0 Å². The van der Waals surface area contributed by atoms with Gasteiger partial charge in [0.1, 0.15) is 23.9 Å². The van der Waals surface area contributed by atoms with Crippen LogP contribution in [0.5, 0.6) is 17.2 Å². The normalized spacial score (nSPS) is 12.2. The largest absolute Gasteiger partial charge is 0.507 e. The maximum absolute atomic E-state index is 12.8. The van der Waals surface area contributed by atoms with Gasteiger partial charge in [-0.05, 0) is 48.0 Å². The number of carbonyl (C=O) groups is 3. The second-order valence-corrected chi connectivity index (χ2v) is 6.70. The molecule has 7 heteroatoms. The first kappa shape index (κ1) is 19.2. The lowest BCUT2D eigenvalue weighted by Crippen LogP contribution is -2.21. The van der Waals surface area contributed by atoms with Crippen molar-refractivity contribution >= 4 is 17.5 Å². The summed E-state index contributed by atoms with van der Waals surface area (Å²) in [4.78, 5) is 37.8. The van der Waals surface area contributed by atoms with E-state index in [0.29, 0.717) is 16.9 Å². The summed E-state index contributed by atoms with van der Waals surface area (Å²) in [6.45, 7) is -0.208. The Hall–Kier alpha value is -4.13. The van der Waals surface area contributed by atoms with Crippen molar-refractivity contribution in [2.45, 2.75) is 6.61 Å². The molecule has 7 nitrogen and oxygen atoms in total. The first-order valence-electron chi connectivity index (χ1n) is 8.99. The summed E-state index contributed by atoms with van der Waals surface area (Å²) in [6, 6.07) is 13.2. The van der Waals surface area contributed by atoms with Crippen LogP contribution in [0.2, 0.25) is 0 Å². The fourth-order valence-electron chi connectivity index (χ4n) is 3.38. The van der Waals surface area contributed by atoms with Crippen LogP contribution >= 0.6 is 0 Å². The van der Waals surface area contributed by atoms with Crippen molar-refractivity contribution in [2.75, 3.05) is 7.11 Å². The molecule has 30 heavy (non-hydrogen) atoms. The van der Waals surface area contributed by atoms with E-state index in [0.717, 1.165) is 0 Å². The minimum atomic E-state index is -0.642. The molecule has 0 amide bonds. The van der Waals surface area contributed by atoms with Crippen molar-refractivity contribution in [1.82, 2.24) is 0 Å². The highest BCUT2D eigenvalue weighted by molar-refractivity contribution is 6.30. The van der Waals surface area contributed by atoms with Crippen LogP contribution in [0.15, 0.2) is 54.6 Å². The number of phenols is 2. The Bertz CT molecular complexity index is 1190. The molecule has 0 unspecified atom stereocenters. The Labute approximate surface area is 171 Å². The van der Waals surface area contributed by atoms with Crippen molar-refractivity contribution < 1.29 is 34.1 Å². The number of phenolic OH excluding ortho intramolecular Hbond substituents is 2. The molecule has 150 valence electrons.